The molecule has 2 heterocycles. The maximum atomic E-state index is 10.6. The molecule has 84 valence electrons. The highest BCUT2D eigenvalue weighted by Crippen LogP contribution is 2.33. The minimum Gasteiger partial charge on any atom is -0.475 e. The minimum absolute atomic E-state index is 0.0486. The predicted molar refractivity (Wildman–Crippen MR) is 61.4 cm³/mol. The van der Waals surface area contributed by atoms with Crippen LogP contribution in [0.3, 0.4) is 0 Å². The molecule has 0 fully saturated rings. The van der Waals surface area contributed by atoms with Gasteiger partial charge in [-0.3, -0.25) is 0 Å². The van der Waals surface area contributed by atoms with Gasteiger partial charge >= 0.3 is 5.97 Å². The highest BCUT2D eigenvalue weighted by Gasteiger charge is 2.12. The van der Waals surface area contributed by atoms with Crippen molar-refractivity contribution in [2.75, 3.05) is 0 Å². The predicted octanol–water partition coefficient (Wildman–Crippen LogP) is 3.20. The molecule has 0 atom stereocenters. The molecular weight excluding hydrogens is 246 g/mol. The molecule has 1 N–H and O–H groups in total. The lowest BCUT2D eigenvalue weighted by molar-refractivity contribution is 0.0656. The standard InChI is InChI=1S/C10H9NO3S2/c1-5-6(2)15-10(11-5)16-8-4-3-7(14-8)9(12)13/h3-4H,1-2H3,(H,12,13). The average Bonchev–Trinajstić information content (AvgIpc) is 2.76. The van der Waals surface area contributed by atoms with Gasteiger partial charge in [0.05, 0.1) is 5.69 Å². The Labute approximate surface area is 100 Å². The van der Waals surface area contributed by atoms with E-state index in [1.807, 2.05) is 13.8 Å². The zero-order valence-corrected chi connectivity index (χ0v) is 10.3. The number of thiazole rings is 1. The fourth-order valence-corrected chi connectivity index (χ4v) is 3.11. The Hall–Kier alpha value is -1.27. The van der Waals surface area contributed by atoms with Crippen molar-refractivity contribution < 1.29 is 14.3 Å². The minimum atomic E-state index is -1.06. The Kier molecular flexibility index (Phi) is 3.02. The van der Waals surface area contributed by atoms with Crippen LogP contribution in [-0.4, -0.2) is 16.1 Å². The SMILES string of the molecule is Cc1nc(Sc2ccc(C(=O)O)o2)sc1C. The molecule has 2 aromatic rings. The van der Waals surface area contributed by atoms with Crippen molar-refractivity contribution >= 4 is 29.1 Å². The van der Waals surface area contributed by atoms with E-state index in [1.165, 1.54) is 17.8 Å². The summed E-state index contributed by atoms with van der Waals surface area (Å²) < 4.78 is 5.99. The number of aryl methyl sites for hydroxylation is 2. The van der Waals surface area contributed by atoms with E-state index >= 15 is 0 Å². The van der Waals surface area contributed by atoms with E-state index < -0.39 is 5.97 Å². The highest BCUT2D eigenvalue weighted by molar-refractivity contribution is 8.00. The van der Waals surface area contributed by atoms with Crippen molar-refractivity contribution in [2.24, 2.45) is 0 Å². The molecule has 0 aliphatic heterocycles. The molecule has 16 heavy (non-hydrogen) atoms. The number of carboxylic acids is 1. The summed E-state index contributed by atoms with van der Waals surface area (Å²) >= 11 is 2.91. The summed E-state index contributed by atoms with van der Waals surface area (Å²) in [6.07, 6.45) is 0. The highest BCUT2D eigenvalue weighted by atomic mass is 32.2. The lowest BCUT2D eigenvalue weighted by Gasteiger charge is -1.90. The number of hydrogen-bond donors (Lipinski definition) is 1. The van der Waals surface area contributed by atoms with E-state index in [1.54, 1.807) is 17.4 Å². The first-order chi connectivity index (χ1) is 7.56. The van der Waals surface area contributed by atoms with Crippen LogP contribution in [0.2, 0.25) is 0 Å². The van der Waals surface area contributed by atoms with Gasteiger partial charge in [0, 0.05) is 4.88 Å². The van der Waals surface area contributed by atoms with E-state index in [-0.39, 0.29) is 5.76 Å². The molecule has 0 saturated carbocycles. The summed E-state index contributed by atoms with van der Waals surface area (Å²) in [6, 6.07) is 3.08. The second kappa shape index (κ2) is 4.31. The van der Waals surface area contributed by atoms with E-state index in [0.717, 1.165) is 14.9 Å². The van der Waals surface area contributed by atoms with Crippen molar-refractivity contribution in [3.05, 3.63) is 28.5 Å². The lowest BCUT2D eigenvalue weighted by atomic mass is 10.4. The first-order valence-electron chi connectivity index (χ1n) is 4.51. The van der Waals surface area contributed by atoms with Crippen LogP contribution in [0.25, 0.3) is 0 Å². The van der Waals surface area contributed by atoms with Crippen LogP contribution in [0.4, 0.5) is 0 Å². The zero-order chi connectivity index (χ0) is 11.7. The largest absolute Gasteiger partial charge is 0.475 e. The summed E-state index contributed by atoms with van der Waals surface area (Å²) in [4.78, 5) is 16.1. The molecule has 2 aromatic heterocycles. The van der Waals surface area contributed by atoms with Crippen LogP contribution in [0.15, 0.2) is 26.0 Å². The summed E-state index contributed by atoms with van der Waals surface area (Å²) in [7, 11) is 0. The first-order valence-corrected chi connectivity index (χ1v) is 6.14. The Morgan fingerprint density at radius 1 is 1.50 bits per heavy atom. The van der Waals surface area contributed by atoms with Gasteiger partial charge in [-0.15, -0.1) is 11.3 Å². The molecular formula is C10H9NO3S2. The summed E-state index contributed by atoms with van der Waals surface area (Å²) in [5, 5.41) is 9.24. The van der Waals surface area contributed by atoms with Gasteiger partial charge in [0.15, 0.2) is 9.43 Å². The van der Waals surface area contributed by atoms with E-state index in [2.05, 4.69) is 4.98 Å². The molecule has 6 heteroatoms. The van der Waals surface area contributed by atoms with Crippen molar-refractivity contribution in [1.82, 2.24) is 4.98 Å². The summed E-state index contributed by atoms with van der Waals surface area (Å²) in [5.41, 5.74) is 0.998. The van der Waals surface area contributed by atoms with Crippen LogP contribution in [0, 0.1) is 13.8 Å². The third-order valence-corrected chi connectivity index (χ3v) is 4.04. The molecule has 0 unspecified atom stereocenters. The number of nitrogens with zero attached hydrogens (tertiary/aromatic N) is 1. The smallest absolute Gasteiger partial charge is 0.371 e. The van der Waals surface area contributed by atoms with Gasteiger partial charge in [-0.2, -0.15) is 0 Å². The summed E-state index contributed by atoms with van der Waals surface area (Å²) in [5.74, 6) is -1.11. The normalized spacial score (nSPS) is 10.6. The van der Waals surface area contributed by atoms with Crippen LogP contribution < -0.4 is 0 Å². The molecule has 0 bridgehead atoms. The maximum absolute atomic E-state index is 10.6. The fraction of sp³-hybridized carbons (Fsp3) is 0.200. The van der Waals surface area contributed by atoms with Crippen molar-refractivity contribution in [2.45, 2.75) is 23.3 Å². The Morgan fingerprint density at radius 3 is 2.75 bits per heavy atom. The second-order valence-corrected chi connectivity index (χ2v) is 5.60. The van der Waals surface area contributed by atoms with Gasteiger partial charge in [-0.25, -0.2) is 9.78 Å². The Bertz CT molecular complexity index is 510. The topological polar surface area (TPSA) is 63.3 Å². The molecule has 0 amide bonds. The molecule has 4 nitrogen and oxygen atoms in total. The van der Waals surface area contributed by atoms with Gasteiger partial charge in [0.1, 0.15) is 0 Å². The number of carboxylic acid groups (broad SMARTS) is 1. The van der Waals surface area contributed by atoms with Crippen molar-refractivity contribution in [3.63, 3.8) is 0 Å². The van der Waals surface area contributed by atoms with Gasteiger partial charge in [0.25, 0.3) is 0 Å². The van der Waals surface area contributed by atoms with E-state index in [4.69, 9.17) is 9.52 Å². The Morgan fingerprint density at radius 2 is 2.25 bits per heavy atom. The molecule has 0 spiro atoms. The Balaban J connectivity index is 2.17. The zero-order valence-electron chi connectivity index (χ0n) is 8.68. The maximum Gasteiger partial charge on any atom is 0.371 e. The molecule has 0 aliphatic carbocycles. The number of rotatable bonds is 3. The van der Waals surface area contributed by atoms with Gasteiger partial charge in [-0.05, 0) is 37.7 Å². The summed E-state index contributed by atoms with van der Waals surface area (Å²) in [6.45, 7) is 3.95. The fourth-order valence-electron chi connectivity index (χ4n) is 1.06. The number of hydrogen-bond acceptors (Lipinski definition) is 5. The van der Waals surface area contributed by atoms with Crippen LogP contribution in [0.1, 0.15) is 21.1 Å². The number of carbonyl (C=O) groups is 1. The van der Waals surface area contributed by atoms with Crippen LogP contribution in [-0.2, 0) is 0 Å². The van der Waals surface area contributed by atoms with Crippen molar-refractivity contribution in [1.29, 1.82) is 0 Å². The third-order valence-electron chi connectivity index (χ3n) is 1.99. The monoisotopic (exact) mass is 255 g/mol. The van der Waals surface area contributed by atoms with E-state index in [9.17, 15) is 4.79 Å². The quantitative estimate of drug-likeness (QED) is 0.912. The molecule has 0 aliphatic rings. The molecule has 0 aromatic carbocycles. The number of aromatic nitrogens is 1. The number of furan rings is 1. The first kappa shape index (κ1) is 11.2. The lowest BCUT2D eigenvalue weighted by Crippen LogP contribution is -1.91. The molecule has 0 radical (unpaired) electrons. The van der Waals surface area contributed by atoms with Crippen molar-refractivity contribution in [3.8, 4) is 0 Å². The second-order valence-electron chi connectivity index (χ2n) is 3.15. The van der Waals surface area contributed by atoms with Crippen LogP contribution in [0.5, 0.6) is 0 Å². The van der Waals surface area contributed by atoms with E-state index in [0.29, 0.717) is 5.09 Å². The third kappa shape index (κ3) is 2.28. The average molecular weight is 255 g/mol. The van der Waals surface area contributed by atoms with Crippen LogP contribution >= 0.6 is 23.1 Å². The van der Waals surface area contributed by atoms with Gasteiger partial charge in [0.2, 0.25) is 5.76 Å². The van der Waals surface area contributed by atoms with Gasteiger partial charge < -0.3 is 9.52 Å². The molecule has 0 saturated heterocycles. The molecule has 2 rings (SSSR count). The van der Waals surface area contributed by atoms with Gasteiger partial charge in [-0.1, -0.05) is 0 Å². The number of aromatic carboxylic acids is 1.